The zero-order valence-corrected chi connectivity index (χ0v) is 14.8. The molecule has 1 saturated carbocycles. The molecule has 2 N–H and O–H groups in total. The van der Waals surface area contributed by atoms with Crippen LogP contribution in [-0.4, -0.2) is 49.4 Å². The van der Waals surface area contributed by atoms with Gasteiger partial charge >= 0.3 is 0 Å². The molecule has 0 bridgehead atoms. The van der Waals surface area contributed by atoms with Gasteiger partial charge in [-0.15, -0.1) is 0 Å². The van der Waals surface area contributed by atoms with Gasteiger partial charge in [0.1, 0.15) is 0 Å². The molecule has 0 radical (unpaired) electrons. The smallest absolute Gasteiger partial charge is 0.251 e. The van der Waals surface area contributed by atoms with Gasteiger partial charge < -0.3 is 15.5 Å². The van der Waals surface area contributed by atoms with Crippen LogP contribution in [0.3, 0.4) is 0 Å². The molecule has 2 atom stereocenters. The summed E-state index contributed by atoms with van der Waals surface area (Å²) in [7, 11) is 4.16. The second-order valence-electron chi connectivity index (χ2n) is 6.71. The number of amides is 2. The van der Waals surface area contributed by atoms with E-state index in [4.69, 9.17) is 0 Å². The summed E-state index contributed by atoms with van der Waals surface area (Å²) in [6.07, 6.45) is 5.73. The van der Waals surface area contributed by atoms with Crippen molar-refractivity contribution in [1.82, 2.24) is 15.5 Å². The molecule has 1 fully saturated rings. The summed E-state index contributed by atoms with van der Waals surface area (Å²) in [5.74, 6) is -0.00123. The first kappa shape index (κ1) is 18.5. The van der Waals surface area contributed by atoms with Gasteiger partial charge in [0.15, 0.2) is 0 Å². The molecule has 5 nitrogen and oxygen atoms in total. The van der Waals surface area contributed by atoms with E-state index in [1.807, 2.05) is 18.2 Å². The molecule has 0 spiro atoms. The van der Waals surface area contributed by atoms with Crippen LogP contribution in [0.1, 0.15) is 48.9 Å². The van der Waals surface area contributed by atoms with E-state index in [0.717, 1.165) is 12.8 Å². The fraction of sp³-hybridized carbons (Fsp3) is 0.579. The van der Waals surface area contributed by atoms with E-state index in [9.17, 15) is 9.59 Å². The zero-order valence-electron chi connectivity index (χ0n) is 14.8. The van der Waals surface area contributed by atoms with Crippen LogP contribution in [0.25, 0.3) is 0 Å². The highest BCUT2D eigenvalue weighted by Gasteiger charge is 2.27. The number of nitrogens with one attached hydrogen (secondary N) is 2. The Hall–Kier alpha value is -1.88. The van der Waals surface area contributed by atoms with Gasteiger partial charge in [-0.05, 0) is 45.5 Å². The van der Waals surface area contributed by atoms with Crippen LogP contribution in [0.5, 0.6) is 0 Å². The van der Waals surface area contributed by atoms with Gasteiger partial charge in [-0.2, -0.15) is 0 Å². The van der Waals surface area contributed by atoms with Crippen LogP contribution in [0, 0.1) is 0 Å². The summed E-state index contributed by atoms with van der Waals surface area (Å²) in [6.45, 7) is 0.517. The van der Waals surface area contributed by atoms with Gasteiger partial charge in [-0.3, -0.25) is 9.59 Å². The van der Waals surface area contributed by atoms with Crippen molar-refractivity contribution in [3.8, 4) is 0 Å². The Labute approximate surface area is 144 Å². The third-order valence-electron chi connectivity index (χ3n) is 4.64. The molecule has 0 aromatic heterocycles. The van der Waals surface area contributed by atoms with Crippen molar-refractivity contribution in [2.75, 3.05) is 20.6 Å². The second kappa shape index (κ2) is 9.42. The number of likely N-dealkylation sites (N-methyl/N-ethyl adjacent to an activating group) is 1. The van der Waals surface area contributed by atoms with Crippen LogP contribution in [0.2, 0.25) is 0 Å². The number of hydrogen-bond acceptors (Lipinski definition) is 3. The molecule has 132 valence electrons. The summed E-state index contributed by atoms with van der Waals surface area (Å²) in [5.41, 5.74) is 0.651. The summed E-state index contributed by atoms with van der Waals surface area (Å²) < 4.78 is 0. The molecule has 0 saturated heterocycles. The van der Waals surface area contributed by atoms with E-state index < -0.39 is 0 Å². The molecule has 5 heteroatoms. The third kappa shape index (κ3) is 5.64. The first-order valence-electron chi connectivity index (χ1n) is 8.87. The normalized spacial score (nSPS) is 20.6. The molecule has 0 aliphatic heterocycles. The average molecular weight is 331 g/mol. The molecule has 0 heterocycles. The standard InChI is InChI=1S/C19H29N3O2/c1-22(2)17-12-7-6-11-16(17)21-18(23)13-8-14-20-19(24)15-9-4-3-5-10-15/h3-5,9-10,16-17H,6-8,11-14H2,1-2H3,(H,20,24)(H,21,23)/t16-,17-/m1/s1. The van der Waals surface area contributed by atoms with Crippen molar-refractivity contribution in [3.05, 3.63) is 35.9 Å². The lowest BCUT2D eigenvalue weighted by molar-refractivity contribution is -0.122. The minimum atomic E-state index is -0.0871. The fourth-order valence-electron chi connectivity index (χ4n) is 3.32. The number of carbonyl (C=O) groups is 2. The van der Waals surface area contributed by atoms with Crippen LogP contribution in [0.4, 0.5) is 0 Å². The van der Waals surface area contributed by atoms with Crippen molar-refractivity contribution < 1.29 is 9.59 Å². The number of benzene rings is 1. The average Bonchev–Trinajstić information content (AvgIpc) is 2.59. The first-order chi connectivity index (χ1) is 11.6. The van der Waals surface area contributed by atoms with Gasteiger partial charge in [0.05, 0.1) is 0 Å². The van der Waals surface area contributed by atoms with Crippen LogP contribution >= 0.6 is 0 Å². The maximum atomic E-state index is 12.2. The summed E-state index contributed by atoms with van der Waals surface area (Å²) >= 11 is 0. The maximum Gasteiger partial charge on any atom is 0.251 e. The number of nitrogens with zero attached hydrogens (tertiary/aromatic N) is 1. The summed E-state index contributed by atoms with van der Waals surface area (Å²) in [4.78, 5) is 26.3. The number of carbonyl (C=O) groups excluding carboxylic acids is 2. The molecule has 24 heavy (non-hydrogen) atoms. The van der Waals surface area contributed by atoms with Crippen LogP contribution in [-0.2, 0) is 4.79 Å². The fourth-order valence-corrected chi connectivity index (χ4v) is 3.32. The van der Waals surface area contributed by atoms with Crippen molar-refractivity contribution >= 4 is 11.8 Å². The minimum Gasteiger partial charge on any atom is -0.352 e. The van der Waals surface area contributed by atoms with Crippen molar-refractivity contribution in [2.24, 2.45) is 0 Å². The lowest BCUT2D eigenvalue weighted by atomic mass is 9.89. The van der Waals surface area contributed by atoms with Crippen molar-refractivity contribution in [3.63, 3.8) is 0 Å². The lowest BCUT2D eigenvalue weighted by Gasteiger charge is -2.36. The Balaban J connectivity index is 1.67. The predicted molar refractivity (Wildman–Crippen MR) is 95.9 cm³/mol. The topological polar surface area (TPSA) is 61.4 Å². The molecule has 1 aromatic carbocycles. The second-order valence-corrected chi connectivity index (χ2v) is 6.71. The van der Waals surface area contributed by atoms with Gasteiger partial charge in [-0.25, -0.2) is 0 Å². The largest absolute Gasteiger partial charge is 0.352 e. The van der Waals surface area contributed by atoms with E-state index in [-0.39, 0.29) is 17.9 Å². The summed E-state index contributed by atoms with van der Waals surface area (Å²) in [6, 6.07) is 9.81. The highest BCUT2D eigenvalue weighted by atomic mass is 16.2. The monoisotopic (exact) mass is 331 g/mol. The Bertz CT molecular complexity index is 531. The Kier molecular flexibility index (Phi) is 7.25. The lowest BCUT2D eigenvalue weighted by Crippen LogP contribution is -2.51. The van der Waals surface area contributed by atoms with Crippen molar-refractivity contribution in [2.45, 2.75) is 50.6 Å². The molecule has 2 rings (SSSR count). The third-order valence-corrected chi connectivity index (χ3v) is 4.64. The van der Waals surface area contributed by atoms with Crippen LogP contribution in [0.15, 0.2) is 30.3 Å². The SMILES string of the molecule is CN(C)[C@@H]1CCCC[C@H]1NC(=O)CCCNC(=O)c1ccccc1. The van der Waals surface area contributed by atoms with Crippen LogP contribution < -0.4 is 10.6 Å². The van der Waals surface area contributed by atoms with Crippen molar-refractivity contribution in [1.29, 1.82) is 0 Å². The summed E-state index contributed by atoms with van der Waals surface area (Å²) in [5, 5.41) is 6.03. The van der Waals surface area contributed by atoms with E-state index in [0.29, 0.717) is 31.0 Å². The minimum absolute atomic E-state index is 0.0858. The van der Waals surface area contributed by atoms with E-state index >= 15 is 0 Å². The maximum absolute atomic E-state index is 12.2. The number of hydrogen-bond donors (Lipinski definition) is 2. The van der Waals surface area contributed by atoms with Gasteiger partial charge in [0.25, 0.3) is 5.91 Å². The quantitative estimate of drug-likeness (QED) is 0.753. The first-order valence-corrected chi connectivity index (χ1v) is 8.87. The Morgan fingerprint density at radius 1 is 1.12 bits per heavy atom. The molecular weight excluding hydrogens is 302 g/mol. The van der Waals surface area contributed by atoms with Gasteiger partial charge in [-0.1, -0.05) is 31.0 Å². The molecule has 0 unspecified atom stereocenters. The zero-order chi connectivity index (χ0) is 17.4. The molecular formula is C19H29N3O2. The Morgan fingerprint density at radius 3 is 2.54 bits per heavy atom. The van der Waals surface area contributed by atoms with E-state index in [1.165, 1.54) is 12.8 Å². The van der Waals surface area contributed by atoms with Gasteiger partial charge in [0, 0.05) is 30.6 Å². The predicted octanol–water partition coefficient (Wildman–Crippen LogP) is 2.19. The molecule has 1 aliphatic carbocycles. The molecule has 2 amide bonds. The number of rotatable bonds is 7. The molecule has 1 aromatic rings. The highest BCUT2D eigenvalue weighted by molar-refractivity contribution is 5.94. The Morgan fingerprint density at radius 2 is 1.83 bits per heavy atom. The van der Waals surface area contributed by atoms with E-state index in [1.54, 1.807) is 12.1 Å². The highest BCUT2D eigenvalue weighted by Crippen LogP contribution is 2.21. The molecule has 1 aliphatic rings. The van der Waals surface area contributed by atoms with E-state index in [2.05, 4.69) is 29.6 Å². The van der Waals surface area contributed by atoms with Gasteiger partial charge in [0.2, 0.25) is 5.91 Å².